The summed E-state index contributed by atoms with van der Waals surface area (Å²) in [5, 5.41) is 16.0. The van der Waals surface area contributed by atoms with E-state index < -0.39 is 0 Å². The van der Waals surface area contributed by atoms with E-state index in [2.05, 4.69) is 25.6 Å². The van der Waals surface area contributed by atoms with Gasteiger partial charge < -0.3 is 10.1 Å². The zero-order valence-electron chi connectivity index (χ0n) is 16.6. The molecule has 1 amide bonds. The van der Waals surface area contributed by atoms with E-state index in [0.29, 0.717) is 28.0 Å². The fourth-order valence-electron chi connectivity index (χ4n) is 2.83. The van der Waals surface area contributed by atoms with Crippen LogP contribution in [0.2, 0.25) is 10.0 Å². The number of halogens is 2. The van der Waals surface area contributed by atoms with E-state index in [0.717, 1.165) is 23.1 Å². The first-order chi connectivity index (χ1) is 15.4. The van der Waals surface area contributed by atoms with Gasteiger partial charge in [-0.1, -0.05) is 53.2 Å². The Kier molecular flexibility index (Phi) is 6.63. The quantitative estimate of drug-likeness (QED) is 0.381. The molecule has 0 saturated carbocycles. The Hall–Kier alpha value is -3.08. The van der Waals surface area contributed by atoms with Crippen LogP contribution in [0.1, 0.15) is 11.3 Å². The standard InChI is InChI=1S/C20H16Cl2N6O3S/c1-31-12-7-5-11(6-8-12)9-15-18(30)24-19-25-26-20(28(19)27-15)32-10-16(29)23-14-4-2-3-13(21)17(14)22/h2-8H,9-10H2,1H3,(H,23,29)(H,24,25,30). The van der Waals surface area contributed by atoms with Crippen LogP contribution in [0.4, 0.5) is 5.69 Å². The van der Waals surface area contributed by atoms with E-state index >= 15 is 0 Å². The Morgan fingerprint density at radius 3 is 2.72 bits per heavy atom. The minimum Gasteiger partial charge on any atom is -0.497 e. The smallest absolute Gasteiger partial charge is 0.274 e. The maximum Gasteiger partial charge on any atom is 0.274 e. The monoisotopic (exact) mass is 490 g/mol. The van der Waals surface area contributed by atoms with Gasteiger partial charge in [-0.05, 0) is 29.8 Å². The average molecular weight is 491 g/mol. The van der Waals surface area contributed by atoms with Gasteiger partial charge in [0.05, 0.1) is 28.6 Å². The lowest BCUT2D eigenvalue weighted by Gasteiger charge is -2.07. The summed E-state index contributed by atoms with van der Waals surface area (Å²) in [6, 6.07) is 12.3. The predicted molar refractivity (Wildman–Crippen MR) is 123 cm³/mol. The molecule has 0 spiro atoms. The number of H-pyrrole nitrogens is 1. The van der Waals surface area contributed by atoms with Crippen molar-refractivity contribution in [2.45, 2.75) is 11.6 Å². The topological polar surface area (TPSA) is 114 Å². The van der Waals surface area contributed by atoms with E-state index in [9.17, 15) is 9.59 Å². The number of anilines is 1. The van der Waals surface area contributed by atoms with Gasteiger partial charge in [0, 0.05) is 6.42 Å². The van der Waals surface area contributed by atoms with Crippen molar-refractivity contribution in [1.29, 1.82) is 0 Å². The summed E-state index contributed by atoms with van der Waals surface area (Å²) in [6.07, 6.45) is 0.311. The van der Waals surface area contributed by atoms with Gasteiger partial charge in [0.2, 0.25) is 11.1 Å². The number of hydrogen-bond acceptors (Lipinski definition) is 7. The fraction of sp³-hybridized carbons (Fsp3) is 0.150. The Morgan fingerprint density at radius 2 is 1.97 bits per heavy atom. The molecule has 0 bridgehead atoms. The Morgan fingerprint density at radius 1 is 1.19 bits per heavy atom. The minimum absolute atomic E-state index is 0.0260. The van der Waals surface area contributed by atoms with Crippen LogP contribution in [0.25, 0.3) is 5.78 Å². The summed E-state index contributed by atoms with van der Waals surface area (Å²) < 4.78 is 6.56. The molecule has 0 aliphatic rings. The highest BCUT2D eigenvalue weighted by Gasteiger charge is 2.15. The van der Waals surface area contributed by atoms with Crippen molar-refractivity contribution in [3.05, 3.63) is 74.1 Å². The Balaban J connectivity index is 1.49. The lowest BCUT2D eigenvalue weighted by atomic mass is 10.1. The lowest BCUT2D eigenvalue weighted by molar-refractivity contribution is -0.113. The molecular weight excluding hydrogens is 475 g/mol. The highest BCUT2D eigenvalue weighted by Crippen LogP contribution is 2.29. The lowest BCUT2D eigenvalue weighted by Crippen LogP contribution is -2.19. The molecule has 0 aliphatic heterocycles. The number of aromatic nitrogens is 5. The average Bonchev–Trinajstić information content (AvgIpc) is 3.17. The summed E-state index contributed by atoms with van der Waals surface area (Å²) in [6.45, 7) is 0. The molecule has 0 saturated heterocycles. The molecule has 4 rings (SSSR count). The van der Waals surface area contributed by atoms with Crippen LogP contribution in [0, 0.1) is 0 Å². The molecule has 2 aromatic heterocycles. The number of hydrogen-bond donors (Lipinski definition) is 2. The first-order valence-electron chi connectivity index (χ1n) is 9.29. The van der Waals surface area contributed by atoms with Gasteiger partial charge in [-0.3, -0.25) is 14.6 Å². The Labute approximate surface area is 196 Å². The molecule has 0 radical (unpaired) electrons. The van der Waals surface area contributed by atoms with Crippen LogP contribution < -0.4 is 15.6 Å². The van der Waals surface area contributed by atoms with E-state index in [1.807, 2.05) is 24.3 Å². The molecule has 9 nitrogen and oxygen atoms in total. The molecule has 164 valence electrons. The van der Waals surface area contributed by atoms with Crippen molar-refractivity contribution in [3.8, 4) is 5.75 Å². The number of rotatable bonds is 7. The largest absolute Gasteiger partial charge is 0.497 e. The second-order valence-electron chi connectivity index (χ2n) is 6.58. The SMILES string of the molecule is COc1ccc(Cc2nn3c(SCC(=O)Nc4cccc(Cl)c4Cl)nnc3[nH]c2=O)cc1. The van der Waals surface area contributed by atoms with Crippen LogP contribution >= 0.6 is 35.0 Å². The van der Waals surface area contributed by atoms with Crippen molar-refractivity contribution >= 4 is 52.3 Å². The fourth-order valence-corrected chi connectivity index (χ4v) is 3.86. The summed E-state index contributed by atoms with van der Waals surface area (Å²) in [4.78, 5) is 27.4. The third kappa shape index (κ3) is 4.87. The molecule has 32 heavy (non-hydrogen) atoms. The van der Waals surface area contributed by atoms with Gasteiger partial charge in [-0.2, -0.15) is 9.61 Å². The van der Waals surface area contributed by atoms with E-state index in [-0.39, 0.29) is 28.0 Å². The molecule has 0 atom stereocenters. The third-order valence-corrected chi connectivity index (χ3v) is 6.15. The number of amides is 1. The molecule has 0 unspecified atom stereocenters. The number of ether oxygens (including phenoxy) is 1. The number of carbonyl (C=O) groups excluding carboxylic acids is 1. The number of nitrogens with one attached hydrogen (secondary N) is 2. The van der Waals surface area contributed by atoms with Gasteiger partial charge in [-0.15, -0.1) is 10.2 Å². The van der Waals surface area contributed by atoms with Crippen molar-refractivity contribution in [1.82, 2.24) is 24.8 Å². The number of benzene rings is 2. The number of methoxy groups -OCH3 is 1. The van der Waals surface area contributed by atoms with E-state index in [1.165, 1.54) is 4.52 Å². The molecular formula is C20H16Cl2N6O3S. The van der Waals surface area contributed by atoms with Gasteiger partial charge in [-0.25, -0.2) is 0 Å². The van der Waals surface area contributed by atoms with Gasteiger partial charge in [0.25, 0.3) is 11.3 Å². The summed E-state index contributed by atoms with van der Waals surface area (Å²) >= 11 is 13.2. The second-order valence-corrected chi connectivity index (χ2v) is 8.31. The summed E-state index contributed by atoms with van der Waals surface area (Å²) in [5.74, 6) is 0.632. The van der Waals surface area contributed by atoms with E-state index in [1.54, 1.807) is 25.3 Å². The maximum absolute atomic E-state index is 12.4. The number of aromatic amines is 1. The molecule has 2 N–H and O–H groups in total. The van der Waals surface area contributed by atoms with Crippen LogP contribution in [-0.2, 0) is 11.2 Å². The van der Waals surface area contributed by atoms with Crippen LogP contribution in [0.15, 0.2) is 52.4 Å². The predicted octanol–water partition coefficient (Wildman–Crippen LogP) is 3.45. The summed E-state index contributed by atoms with van der Waals surface area (Å²) in [7, 11) is 1.59. The third-order valence-electron chi connectivity index (χ3n) is 4.41. The number of nitrogens with zero attached hydrogens (tertiary/aromatic N) is 4. The van der Waals surface area contributed by atoms with Crippen molar-refractivity contribution in [3.63, 3.8) is 0 Å². The van der Waals surface area contributed by atoms with Crippen molar-refractivity contribution in [2.24, 2.45) is 0 Å². The summed E-state index contributed by atoms with van der Waals surface area (Å²) in [5.41, 5.74) is 1.24. The van der Waals surface area contributed by atoms with Crippen LogP contribution in [0.3, 0.4) is 0 Å². The normalized spacial score (nSPS) is 11.0. The molecule has 4 aromatic rings. The highest BCUT2D eigenvalue weighted by atomic mass is 35.5. The number of fused-ring (bicyclic) bond motifs is 1. The number of carbonyl (C=O) groups is 1. The van der Waals surface area contributed by atoms with Crippen LogP contribution in [-0.4, -0.2) is 43.6 Å². The molecule has 0 fully saturated rings. The minimum atomic E-state index is -0.356. The zero-order valence-corrected chi connectivity index (χ0v) is 19.0. The Bertz CT molecular complexity index is 1340. The van der Waals surface area contributed by atoms with Gasteiger partial charge >= 0.3 is 0 Å². The first-order valence-corrected chi connectivity index (χ1v) is 11.0. The molecule has 2 heterocycles. The maximum atomic E-state index is 12.4. The van der Waals surface area contributed by atoms with Crippen LogP contribution in [0.5, 0.6) is 5.75 Å². The van der Waals surface area contributed by atoms with Crippen molar-refractivity contribution in [2.75, 3.05) is 18.2 Å². The highest BCUT2D eigenvalue weighted by molar-refractivity contribution is 7.99. The first kappa shape index (κ1) is 22.1. The van der Waals surface area contributed by atoms with Gasteiger partial charge in [0.15, 0.2) is 0 Å². The number of thioether (sulfide) groups is 1. The van der Waals surface area contributed by atoms with Crippen molar-refractivity contribution < 1.29 is 9.53 Å². The van der Waals surface area contributed by atoms with E-state index in [4.69, 9.17) is 27.9 Å². The molecule has 12 heteroatoms. The zero-order chi connectivity index (χ0) is 22.7. The van der Waals surface area contributed by atoms with Gasteiger partial charge in [0.1, 0.15) is 11.4 Å². The molecule has 2 aromatic carbocycles. The second kappa shape index (κ2) is 9.60. The molecule has 0 aliphatic carbocycles.